The molecule has 0 aliphatic heterocycles. The van der Waals surface area contributed by atoms with Gasteiger partial charge in [0.05, 0.1) is 23.5 Å². The SMILES string of the molecule is CCCn1c(C(C)Cl)nc2ccc(OC)cc21. The molecule has 1 aromatic carbocycles. The van der Waals surface area contributed by atoms with Crippen molar-refractivity contribution in [2.24, 2.45) is 0 Å². The van der Waals surface area contributed by atoms with Crippen LogP contribution in [0.1, 0.15) is 31.5 Å². The van der Waals surface area contributed by atoms with E-state index in [0.29, 0.717) is 0 Å². The van der Waals surface area contributed by atoms with Crippen molar-refractivity contribution in [1.29, 1.82) is 0 Å². The van der Waals surface area contributed by atoms with Crippen molar-refractivity contribution in [1.82, 2.24) is 9.55 Å². The Balaban J connectivity index is 2.63. The molecule has 2 aromatic rings. The summed E-state index contributed by atoms with van der Waals surface area (Å²) in [6, 6.07) is 5.91. The minimum Gasteiger partial charge on any atom is -0.497 e. The maximum Gasteiger partial charge on any atom is 0.127 e. The lowest BCUT2D eigenvalue weighted by Gasteiger charge is -2.09. The van der Waals surface area contributed by atoms with Crippen LogP contribution >= 0.6 is 11.6 Å². The Morgan fingerprint density at radius 3 is 2.82 bits per heavy atom. The number of alkyl halides is 1. The van der Waals surface area contributed by atoms with Gasteiger partial charge in [-0.15, -0.1) is 11.6 Å². The molecule has 0 amide bonds. The van der Waals surface area contributed by atoms with Gasteiger partial charge in [-0.1, -0.05) is 6.92 Å². The molecule has 92 valence electrons. The summed E-state index contributed by atoms with van der Waals surface area (Å²) in [5.41, 5.74) is 2.07. The van der Waals surface area contributed by atoms with Crippen molar-refractivity contribution in [2.75, 3.05) is 7.11 Å². The smallest absolute Gasteiger partial charge is 0.127 e. The summed E-state index contributed by atoms with van der Waals surface area (Å²) >= 11 is 6.17. The van der Waals surface area contributed by atoms with Gasteiger partial charge < -0.3 is 9.30 Å². The number of methoxy groups -OCH3 is 1. The van der Waals surface area contributed by atoms with E-state index in [0.717, 1.165) is 35.6 Å². The van der Waals surface area contributed by atoms with Gasteiger partial charge in [-0.3, -0.25) is 0 Å². The fourth-order valence-corrected chi connectivity index (χ4v) is 2.18. The van der Waals surface area contributed by atoms with Crippen LogP contribution in [-0.2, 0) is 6.54 Å². The largest absolute Gasteiger partial charge is 0.497 e. The summed E-state index contributed by atoms with van der Waals surface area (Å²) in [5, 5.41) is -0.0834. The van der Waals surface area contributed by atoms with Crippen molar-refractivity contribution in [2.45, 2.75) is 32.2 Å². The highest BCUT2D eigenvalue weighted by molar-refractivity contribution is 6.20. The van der Waals surface area contributed by atoms with E-state index >= 15 is 0 Å². The van der Waals surface area contributed by atoms with Crippen molar-refractivity contribution >= 4 is 22.6 Å². The summed E-state index contributed by atoms with van der Waals surface area (Å²) in [6.45, 7) is 5.02. The molecule has 1 atom stereocenters. The number of hydrogen-bond acceptors (Lipinski definition) is 2. The predicted octanol–water partition coefficient (Wildman–Crippen LogP) is 3.75. The molecule has 0 saturated heterocycles. The van der Waals surface area contributed by atoms with E-state index < -0.39 is 0 Å². The highest BCUT2D eigenvalue weighted by atomic mass is 35.5. The van der Waals surface area contributed by atoms with Crippen LogP contribution in [0.2, 0.25) is 0 Å². The molecule has 1 unspecified atom stereocenters. The zero-order valence-electron chi connectivity index (χ0n) is 10.4. The Morgan fingerprint density at radius 2 is 2.24 bits per heavy atom. The van der Waals surface area contributed by atoms with Crippen LogP contribution in [0, 0.1) is 0 Å². The van der Waals surface area contributed by atoms with Crippen molar-refractivity contribution in [3.63, 3.8) is 0 Å². The Kier molecular flexibility index (Phi) is 3.57. The molecule has 1 aromatic heterocycles. The average Bonchev–Trinajstić information content (AvgIpc) is 2.68. The predicted molar refractivity (Wildman–Crippen MR) is 70.8 cm³/mol. The minimum atomic E-state index is -0.0834. The standard InChI is InChI=1S/C13H17ClN2O/c1-4-7-16-12-8-10(17-3)5-6-11(12)15-13(16)9(2)14/h5-6,8-9H,4,7H2,1-3H3. The second-order valence-corrected chi connectivity index (χ2v) is 4.75. The lowest BCUT2D eigenvalue weighted by atomic mass is 10.3. The lowest BCUT2D eigenvalue weighted by molar-refractivity contribution is 0.415. The summed E-state index contributed by atoms with van der Waals surface area (Å²) in [7, 11) is 1.67. The zero-order valence-corrected chi connectivity index (χ0v) is 11.2. The monoisotopic (exact) mass is 252 g/mol. The number of hydrogen-bond donors (Lipinski definition) is 0. The molecule has 0 spiro atoms. The van der Waals surface area contributed by atoms with E-state index in [1.165, 1.54) is 0 Å². The Bertz CT molecular complexity index is 519. The van der Waals surface area contributed by atoms with E-state index in [2.05, 4.69) is 16.5 Å². The molecule has 17 heavy (non-hydrogen) atoms. The van der Waals surface area contributed by atoms with Gasteiger partial charge in [0.1, 0.15) is 11.6 Å². The molecule has 0 bridgehead atoms. The lowest BCUT2D eigenvalue weighted by Crippen LogP contribution is -2.03. The maximum absolute atomic E-state index is 6.17. The summed E-state index contributed by atoms with van der Waals surface area (Å²) in [5.74, 6) is 1.78. The highest BCUT2D eigenvalue weighted by Crippen LogP contribution is 2.27. The maximum atomic E-state index is 6.17. The molecule has 0 radical (unpaired) electrons. The van der Waals surface area contributed by atoms with Crippen LogP contribution in [0.3, 0.4) is 0 Å². The van der Waals surface area contributed by atoms with Crippen LogP contribution in [-0.4, -0.2) is 16.7 Å². The fraction of sp³-hybridized carbons (Fsp3) is 0.462. The second kappa shape index (κ2) is 4.96. The van der Waals surface area contributed by atoms with E-state index in [1.54, 1.807) is 7.11 Å². The first-order chi connectivity index (χ1) is 8.17. The van der Waals surface area contributed by atoms with Crippen LogP contribution in [0.25, 0.3) is 11.0 Å². The number of halogens is 1. The number of imidazole rings is 1. The third kappa shape index (κ3) is 2.25. The summed E-state index contributed by atoms with van der Waals surface area (Å²) in [6.07, 6.45) is 1.05. The Morgan fingerprint density at radius 1 is 1.47 bits per heavy atom. The fourth-order valence-electron chi connectivity index (χ4n) is 2.01. The number of aryl methyl sites for hydroxylation is 1. The first-order valence-electron chi connectivity index (χ1n) is 5.85. The first-order valence-corrected chi connectivity index (χ1v) is 6.29. The Hall–Kier alpha value is -1.22. The second-order valence-electron chi connectivity index (χ2n) is 4.09. The van der Waals surface area contributed by atoms with Gasteiger partial charge in [-0.05, 0) is 25.5 Å². The molecule has 0 N–H and O–H groups in total. The van der Waals surface area contributed by atoms with Crippen LogP contribution in [0.5, 0.6) is 5.75 Å². The molecular weight excluding hydrogens is 236 g/mol. The molecule has 0 saturated carbocycles. The third-order valence-electron chi connectivity index (χ3n) is 2.79. The van der Waals surface area contributed by atoms with Gasteiger partial charge in [-0.25, -0.2) is 4.98 Å². The normalized spacial score (nSPS) is 12.9. The first kappa shape index (κ1) is 12.2. The third-order valence-corrected chi connectivity index (χ3v) is 2.98. The average molecular weight is 253 g/mol. The van der Waals surface area contributed by atoms with Crippen LogP contribution < -0.4 is 4.74 Å². The molecule has 3 nitrogen and oxygen atoms in total. The van der Waals surface area contributed by atoms with E-state index in [-0.39, 0.29) is 5.38 Å². The van der Waals surface area contributed by atoms with Gasteiger partial charge >= 0.3 is 0 Å². The number of aromatic nitrogens is 2. The number of rotatable bonds is 4. The van der Waals surface area contributed by atoms with Gasteiger partial charge in [0, 0.05) is 12.6 Å². The van der Waals surface area contributed by atoms with Gasteiger partial charge in [0.25, 0.3) is 0 Å². The summed E-state index contributed by atoms with van der Waals surface area (Å²) < 4.78 is 7.43. The van der Waals surface area contributed by atoms with Crippen molar-refractivity contribution in [3.05, 3.63) is 24.0 Å². The molecule has 4 heteroatoms. The van der Waals surface area contributed by atoms with Crippen LogP contribution in [0.4, 0.5) is 0 Å². The van der Waals surface area contributed by atoms with Gasteiger partial charge in [-0.2, -0.15) is 0 Å². The molecule has 0 fully saturated rings. The number of ether oxygens (including phenoxy) is 1. The molecule has 2 rings (SSSR count). The van der Waals surface area contributed by atoms with Crippen molar-refractivity contribution < 1.29 is 4.74 Å². The van der Waals surface area contributed by atoms with Gasteiger partial charge in [0.15, 0.2) is 0 Å². The topological polar surface area (TPSA) is 27.1 Å². The van der Waals surface area contributed by atoms with Gasteiger partial charge in [0.2, 0.25) is 0 Å². The minimum absolute atomic E-state index is 0.0834. The number of fused-ring (bicyclic) bond motifs is 1. The Labute approximate surface area is 106 Å². The van der Waals surface area contributed by atoms with E-state index in [1.807, 2.05) is 25.1 Å². The van der Waals surface area contributed by atoms with Crippen molar-refractivity contribution in [3.8, 4) is 5.75 Å². The number of benzene rings is 1. The van der Waals surface area contributed by atoms with Crippen LogP contribution in [0.15, 0.2) is 18.2 Å². The highest BCUT2D eigenvalue weighted by Gasteiger charge is 2.14. The molecule has 0 aliphatic rings. The van der Waals surface area contributed by atoms with E-state index in [4.69, 9.17) is 16.3 Å². The van der Waals surface area contributed by atoms with E-state index in [9.17, 15) is 0 Å². The quantitative estimate of drug-likeness (QED) is 0.775. The molecule has 1 heterocycles. The number of nitrogens with zero attached hydrogens (tertiary/aromatic N) is 2. The molecular formula is C13H17ClN2O. The molecule has 0 aliphatic carbocycles. The zero-order chi connectivity index (χ0) is 12.4. The summed E-state index contributed by atoms with van der Waals surface area (Å²) in [4.78, 5) is 4.58.